The van der Waals surface area contributed by atoms with Crippen molar-refractivity contribution in [1.82, 2.24) is 4.90 Å². The number of phenolic OH excluding ortho intramolecular Hbond substituents is 1. The number of nitrogens with zero attached hydrogens (tertiary/aromatic N) is 2. The molecule has 2 aliphatic carbocycles. The van der Waals surface area contributed by atoms with Crippen molar-refractivity contribution in [2.45, 2.75) is 25.7 Å². The van der Waals surface area contributed by atoms with Crippen LogP contribution in [0, 0.1) is 29.1 Å². The number of fused-ring (bicyclic) bond motifs is 4. The number of para-hydroxylation sites is 2. The molecule has 6 rings (SSSR count). The molecule has 188 valence electrons. The van der Waals surface area contributed by atoms with E-state index >= 15 is 0 Å². The number of hydrogen-bond donors (Lipinski definition) is 2. The summed E-state index contributed by atoms with van der Waals surface area (Å²) in [5.74, 6) is -5.83. The van der Waals surface area contributed by atoms with Gasteiger partial charge in [0.05, 0.1) is 28.9 Å². The van der Waals surface area contributed by atoms with Crippen LogP contribution < -0.4 is 10.6 Å². The maximum atomic E-state index is 14.1. The zero-order valence-electron chi connectivity index (χ0n) is 20.0. The molecule has 9 nitrogen and oxygen atoms in total. The zero-order chi connectivity index (χ0) is 26.2. The second-order valence-electron chi connectivity index (χ2n) is 10.4. The lowest BCUT2D eigenvalue weighted by atomic mass is 9.51. The average Bonchev–Trinajstić information content (AvgIpc) is 3.25. The molecule has 6 amide bonds. The molecule has 37 heavy (non-hydrogen) atoms. The Bertz CT molecular complexity index is 1420. The van der Waals surface area contributed by atoms with Gasteiger partial charge in [-0.25, -0.2) is 9.69 Å². The van der Waals surface area contributed by atoms with Crippen LogP contribution in [0.1, 0.15) is 31.2 Å². The highest BCUT2D eigenvalue weighted by molar-refractivity contribution is 6.24. The number of anilines is 1. The molecule has 0 spiro atoms. The lowest BCUT2D eigenvalue weighted by Gasteiger charge is -2.49. The smallest absolute Gasteiger partial charge is 0.328 e. The van der Waals surface area contributed by atoms with Crippen LogP contribution in [0.25, 0.3) is 0 Å². The van der Waals surface area contributed by atoms with Gasteiger partial charge in [0.25, 0.3) is 0 Å². The molecular weight excluding hydrogens is 474 g/mol. The van der Waals surface area contributed by atoms with E-state index in [1.807, 2.05) is 6.08 Å². The summed E-state index contributed by atoms with van der Waals surface area (Å²) in [7, 11) is 0. The van der Waals surface area contributed by atoms with Gasteiger partial charge in [0.1, 0.15) is 5.75 Å². The number of aromatic hydroxyl groups is 1. The van der Waals surface area contributed by atoms with Crippen LogP contribution in [0.15, 0.2) is 66.2 Å². The number of amides is 6. The van der Waals surface area contributed by atoms with Crippen molar-refractivity contribution in [3.63, 3.8) is 0 Å². The van der Waals surface area contributed by atoms with E-state index in [-0.39, 0.29) is 30.4 Å². The summed E-state index contributed by atoms with van der Waals surface area (Å²) in [4.78, 5) is 67.9. The molecule has 0 bridgehead atoms. The molecule has 3 fully saturated rings. The van der Waals surface area contributed by atoms with Crippen molar-refractivity contribution in [3.05, 3.63) is 71.8 Å². The number of urea groups is 1. The quantitative estimate of drug-likeness (QED) is 0.481. The molecule has 4 aliphatic rings. The number of phenols is 1. The summed E-state index contributed by atoms with van der Waals surface area (Å²) in [6, 6.07) is 14.2. The lowest BCUT2D eigenvalue weighted by Crippen LogP contribution is -2.49. The summed E-state index contributed by atoms with van der Waals surface area (Å²) in [5, 5.41) is 10.9. The van der Waals surface area contributed by atoms with E-state index in [0.717, 1.165) is 5.57 Å². The summed E-state index contributed by atoms with van der Waals surface area (Å²) in [6.07, 6.45) is 2.20. The van der Waals surface area contributed by atoms with Crippen LogP contribution in [0.5, 0.6) is 5.75 Å². The minimum atomic E-state index is -1.24. The number of benzene rings is 2. The maximum absolute atomic E-state index is 14.1. The Morgan fingerprint density at radius 1 is 0.946 bits per heavy atom. The molecule has 0 radical (unpaired) electrons. The molecule has 0 aromatic heterocycles. The second-order valence-corrected chi connectivity index (χ2v) is 10.4. The Balaban J connectivity index is 1.54. The third-order valence-corrected chi connectivity index (χ3v) is 8.76. The Kier molecular flexibility index (Phi) is 4.92. The van der Waals surface area contributed by atoms with E-state index in [1.165, 1.54) is 11.0 Å². The molecule has 6 atom stereocenters. The number of nitrogens with two attached hydrogens (primary N) is 1. The highest BCUT2D eigenvalue weighted by Gasteiger charge is 2.68. The van der Waals surface area contributed by atoms with E-state index in [0.29, 0.717) is 16.2 Å². The summed E-state index contributed by atoms with van der Waals surface area (Å²) in [6.45, 7) is 1.75. The Labute approximate surface area is 212 Å². The standard InChI is InChI=1S/C28H25N3O6/c1-28-19(24(34)30(26(28)36)14-7-3-2-4-8-14)13-18-15(22(28)16-9-5-6-10-20(16)32)11-12-17-21(18)25(35)31(23(17)33)27(29)37/h2-11,17-19,21-22,32H,12-13H2,1H3,(H2,29,37). The first kappa shape index (κ1) is 23.1. The van der Waals surface area contributed by atoms with Gasteiger partial charge in [-0.05, 0) is 43.9 Å². The van der Waals surface area contributed by atoms with Crippen LogP contribution >= 0.6 is 0 Å². The van der Waals surface area contributed by atoms with E-state index in [9.17, 15) is 29.1 Å². The predicted octanol–water partition coefficient (Wildman–Crippen LogP) is 2.70. The van der Waals surface area contributed by atoms with E-state index < -0.39 is 52.8 Å². The Morgan fingerprint density at radius 3 is 2.30 bits per heavy atom. The molecule has 2 aliphatic heterocycles. The van der Waals surface area contributed by atoms with Gasteiger partial charge >= 0.3 is 6.03 Å². The van der Waals surface area contributed by atoms with Gasteiger partial charge in [0, 0.05) is 11.5 Å². The van der Waals surface area contributed by atoms with Crippen LogP contribution in [0.4, 0.5) is 10.5 Å². The zero-order valence-corrected chi connectivity index (χ0v) is 20.0. The SMILES string of the molecule is CC12C(=O)N(c3ccccc3)C(=O)C1CC1C(=CCC3C(=O)N(C(N)=O)C(=O)C31)C2c1ccccc1O. The van der Waals surface area contributed by atoms with Gasteiger partial charge in [0.2, 0.25) is 23.6 Å². The normalized spacial score (nSPS) is 32.7. The molecule has 2 aromatic rings. The van der Waals surface area contributed by atoms with Gasteiger partial charge in [-0.15, -0.1) is 0 Å². The first-order chi connectivity index (χ1) is 17.7. The summed E-state index contributed by atoms with van der Waals surface area (Å²) < 4.78 is 0. The van der Waals surface area contributed by atoms with E-state index in [4.69, 9.17) is 5.73 Å². The van der Waals surface area contributed by atoms with Gasteiger partial charge in [-0.2, -0.15) is 4.90 Å². The molecule has 2 saturated heterocycles. The van der Waals surface area contributed by atoms with Gasteiger partial charge in [-0.3, -0.25) is 19.2 Å². The lowest BCUT2D eigenvalue weighted by molar-refractivity contribution is -0.136. The topological polar surface area (TPSA) is 138 Å². The molecule has 2 aromatic carbocycles. The van der Waals surface area contributed by atoms with Gasteiger partial charge in [0.15, 0.2) is 0 Å². The fourth-order valence-electron chi connectivity index (χ4n) is 7.13. The minimum absolute atomic E-state index is 0.0258. The fourth-order valence-corrected chi connectivity index (χ4v) is 7.13. The Morgan fingerprint density at radius 2 is 1.62 bits per heavy atom. The third kappa shape index (κ3) is 2.94. The maximum Gasteiger partial charge on any atom is 0.328 e. The molecule has 2 heterocycles. The largest absolute Gasteiger partial charge is 0.508 e. The number of allylic oxidation sites excluding steroid dienone is 2. The number of carbonyl (C=O) groups excluding carboxylic acids is 5. The second kappa shape index (κ2) is 7.86. The van der Waals surface area contributed by atoms with Crippen molar-refractivity contribution >= 4 is 35.3 Å². The van der Waals surface area contributed by atoms with Crippen LogP contribution in [0.2, 0.25) is 0 Å². The first-order valence-corrected chi connectivity index (χ1v) is 12.3. The van der Waals surface area contributed by atoms with Crippen LogP contribution in [-0.4, -0.2) is 39.7 Å². The van der Waals surface area contributed by atoms with Crippen molar-refractivity contribution in [2.75, 3.05) is 4.90 Å². The fraction of sp³-hybridized carbons (Fsp3) is 0.321. The highest BCUT2D eigenvalue weighted by atomic mass is 16.3. The van der Waals surface area contributed by atoms with Crippen molar-refractivity contribution in [2.24, 2.45) is 34.8 Å². The molecular formula is C28H25N3O6. The highest BCUT2D eigenvalue weighted by Crippen LogP contribution is 2.64. The first-order valence-electron chi connectivity index (χ1n) is 12.3. The number of imide groups is 4. The molecule has 3 N–H and O–H groups in total. The number of primary amides is 1. The van der Waals surface area contributed by atoms with Crippen LogP contribution in [0.3, 0.4) is 0 Å². The molecule has 6 unspecified atom stereocenters. The number of rotatable bonds is 2. The van der Waals surface area contributed by atoms with Crippen LogP contribution in [-0.2, 0) is 19.2 Å². The predicted molar refractivity (Wildman–Crippen MR) is 131 cm³/mol. The average molecular weight is 500 g/mol. The monoisotopic (exact) mass is 499 g/mol. The van der Waals surface area contributed by atoms with E-state index in [2.05, 4.69) is 0 Å². The van der Waals surface area contributed by atoms with Gasteiger partial charge < -0.3 is 10.8 Å². The van der Waals surface area contributed by atoms with Gasteiger partial charge in [-0.1, -0.05) is 48.0 Å². The summed E-state index contributed by atoms with van der Waals surface area (Å²) in [5.41, 5.74) is 5.77. The minimum Gasteiger partial charge on any atom is -0.508 e. The number of carbonyl (C=O) groups is 5. The van der Waals surface area contributed by atoms with Crippen molar-refractivity contribution in [3.8, 4) is 5.75 Å². The molecule has 9 heteroatoms. The number of likely N-dealkylation sites (tertiary alicyclic amines) is 1. The summed E-state index contributed by atoms with van der Waals surface area (Å²) >= 11 is 0. The van der Waals surface area contributed by atoms with Crippen molar-refractivity contribution in [1.29, 1.82) is 0 Å². The van der Waals surface area contributed by atoms with E-state index in [1.54, 1.807) is 55.5 Å². The number of hydrogen-bond acceptors (Lipinski definition) is 6. The van der Waals surface area contributed by atoms with Crippen molar-refractivity contribution < 1.29 is 29.1 Å². The third-order valence-electron chi connectivity index (χ3n) is 8.76. The Hall–Kier alpha value is -4.27. The molecule has 1 saturated carbocycles.